The van der Waals surface area contributed by atoms with Gasteiger partial charge in [0, 0.05) is 19.8 Å². The van der Waals surface area contributed by atoms with E-state index in [1.807, 2.05) is 0 Å². The Bertz CT molecular complexity index is 255. The Hall–Kier alpha value is -1.59. The zero-order valence-corrected chi connectivity index (χ0v) is 10.4. The molecule has 0 aromatic rings. The molecule has 0 amide bonds. The molecule has 0 heterocycles. The van der Waals surface area contributed by atoms with E-state index in [2.05, 4.69) is 0 Å². The summed E-state index contributed by atoms with van der Waals surface area (Å²) in [4.78, 5) is 32.5. The second-order valence-corrected chi connectivity index (χ2v) is 3.48. The Morgan fingerprint density at radius 3 is 1.76 bits per heavy atom. The summed E-state index contributed by atoms with van der Waals surface area (Å²) in [6, 6.07) is 0. The molecule has 17 heavy (non-hydrogen) atoms. The molecular formula is C11H18O6. The second-order valence-electron chi connectivity index (χ2n) is 3.48. The third-order valence-electron chi connectivity index (χ3n) is 1.81. The average molecular weight is 246 g/mol. The van der Waals surface area contributed by atoms with Crippen LogP contribution in [0.3, 0.4) is 0 Å². The molecule has 6 nitrogen and oxygen atoms in total. The molecule has 0 aromatic heterocycles. The number of carbonyl (C=O) groups is 3. The summed E-state index contributed by atoms with van der Waals surface area (Å²) in [6.45, 7) is 4.58. The molecular weight excluding hydrogens is 228 g/mol. The van der Waals surface area contributed by atoms with E-state index in [0.29, 0.717) is 0 Å². The highest BCUT2D eigenvalue weighted by molar-refractivity contribution is 5.70. The third kappa shape index (κ3) is 9.35. The smallest absolute Gasteiger partial charge is 0.306 e. The maximum atomic E-state index is 11.2. The molecule has 98 valence electrons. The van der Waals surface area contributed by atoms with Crippen molar-refractivity contribution in [3.05, 3.63) is 0 Å². The van der Waals surface area contributed by atoms with Gasteiger partial charge >= 0.3 is 17.9 Å². The van der Waals surface area contributed by atoms with E-state index in [0.717, 1.165) is 0 Å². The van der Waals surface area contributed by atoms with Crippen molar-refractivity contribution in [2.45, 2.75) is 27.2 Å². The van der Waals surface area contributed by atoms with E-state index in [1.165, 1.54) is 13.8 Å². The minimum Gasteiger partial charge on any atom is -0.466 e. The van der Waals surface area contributed by atoms with Crippen LogP contribution in [0.1, 0.15) is 27.2 Å². The summed E-state index contributed by atoms with van der Waals surface area (Å²) in [6.07, 6.45) is 0.0500. The van der Waals surface area contributed by atoms with E-state index in [9.17, 15) is 14.4 Å². The fourth-order valence-electron chi connectivity index (χ4n) is 1.09. The van der Waals surface area contributed by atoms with Crippen molar-refractivity contribution in [3.63, 3.8) is 0 Å². The van der Waals surface area contributed by atoms with Gasteiger partial charge in [0.15, 0.2) is 0 Å². The molecule has 0 saturated carbocycles. The molecule has 0 aliphatic rings. The summed E-state index contributed by atoms with van der Waals surface area (Å²) in [7, 11) is 0. The Kier molecular flexibility index (Phi) is 7.75. The Balaban J connectivity index is 4.13. The molecule has 0 aliphatic heterocycles. The van der Waals surface area contributed by atoms with Gasteiger partial charge in [-0.25, -0.2) is 0 Å². The lowest BCUT2D eigenvalue weighted by Crippen LogP contribution is -2.23. The van der Waals surface area contributed by atoms with Crippen LogP contribution in [-0.4, -0.2) is 37.7 Å². The highest BCUT2D eigenvalue weighted by Crippen LogP contribution is 2.07. The van der Waals surface area contributed by atoms with Gasteiger partial charge in [-0.2, -0.15) is 0 Å². The first kappa shape index (κ1) is 15.4. The summed E-state index contributed by atoms with van der Waals surface area (Å²) in [5.41, 5.74) is 0. The molecule has 0 N–H and O–H groups in total. The maximum Gasteiger partial charge on any atom is 0.306 e. The monoisotopic (exact) mass is 246 g/mol. The normalized spacial score (nSPS) is 9.88. The van der Waals surface area contributed by atoms with Crippen LogP contribution >= 0.6 is 0 Å². The van der Waals surface area contributed by atoms with Crippen molar-refractivity contribution >= 4 is 17.9 Å². The Labute approximate surface area is 100 Å². The van der Waals surface area contributed by atoms with Crippen LogP contribution in [0.4, 0.5) is 0 Å². The lowest BCUT2D eigenvalue weighted by Gasteiger charge is -2.15. The minimum atomic E-state index is -0.443. The highest BCUT2D eigenvalue weighted by atomic mass is 16.5. The van der Waals surface area contributed by atoms with Crippen LogP contribution in [-0.2, 0) is 28.6 Å². The molecule has 6 heteroatoms. The largest absolute Gasteiger partial charge is 0.466 e. The minimum absolute atomic E-state index is 0.0292. The lowest BCUT2D eigenvalue weighted by atomic mass is 10.1. The first-order chi connectivity index (χ1) is 7.95. The van der Waals surface area contributed by atoms with Gasteiger partial charge in [0.1, 0.15) is 0 Å². The Morgan fingerprint density at radius 2 is 1.41 bits per heavy atom. The molecule has 0 aliphatic carbocycles. The van der Waals surface area contributed by atoms with Gasteiger partial charge in [0.05, 0.1) is 26.2 Å². The molecule has 0 saturated heterocycles. The molecule has 0 atom stereocenters. The number of hydrogen-bond donors (Lipinski definition) is 0. The quantitative estimate of drug-likeness (QED) is 0.485. The molecule has 0 bridgehead atoms. The van der Waals surface area contributed by atoms with E-state index < -0.39 is 17.9 Å². The van der Waals surface area contributed by atoms with E-state index in [1.54, 1.807) is 6.92 Å². The van der Waals surface area contributed by atoms with Crippen molar-refractivity contribution in [2.24, 2.45) is 5.92 Å². The molecule has 0 rings (SSSR count). The Morgan fingerprint density at radius 1 is 0.941 bits per heavy atom. The van der Waals surface area contributed by atoms with Crippen LogP contribution in [0.5, 0.6) is 0 Å². The predicted octanol–water partition coefficient (Wildman–Crippen LogP) is 0.682. The number of hydrogen-bond acceptors (Lipinski definition) is 6. The third-order valence-corrected chi connectivity index (χ3v) is 1.81. The van der Waals surface area contributed by atoms with Crippen molar-refractivity contribution in [2.75, 3.05) is 19.8 Å². The van der Waals surface area contributed by atoms with Gasteiger partial charge < -0.3 is 14.2 Å². The highest BCUT2D eigenvalue weighted by Gasteiger charge is 2.17. The van der Waals surface area contributed by atoms with Crippen LogP contribution in [0.2, 0.25) is 0 Å². The average Bonchev–Trinajstić information content (AvgIpc) is 2.22. The van der Waals surface area contributed by atoms with Crippen molar-refractivity contribution < 1.29 is 28.6 Å². The summed E-state index contributed by atoms with van der Waals surface area (Å²) < 4.78 is 14.3. The number of carbonyl (C=O) groups excluding carboxylic acids is 3. The molecule has 0 aromatic carbocycles. The van der Waals surface area contributed by atoms with Gasteiger partial charge in [-0.15, -0.1) is 0 Å². The van der Waals surface area contributed by atoms with Gasteiger partial charge in [-0.05, 0) is 6.92 Å². The zero-order chi connectivity index (χ0) is 13.3. The van der Waals surface area contributed by atoms with E-state index in [-0.39, 0.29) is 32.2 Å². The molecule has 0 spiro atoms. The van der Waals surface area contributed by atoms with Gasteiger partial charge in [-0.1, -0.05) is 0 Å². The van der Waals surface area contributed by atoms with Crippen molar-refractivity contribution in [3.8, 4) is 0 Å². The van der Waals surface area contributed by atoms with Crippen molar-refractivity contribution in [1.29, 1.82) is 0 Å². The summed E-state index contributed by atoms with van der Waals surface area (Å²) in [5, 5.41) is 0. The SMILES string of the molecule is CCOC(=O)CC(COC(C)=O)COC(C)=O. The lowest BCUT2D eigenvalue weighted by molar-refractivity contribution is -0.152. The fourth-order valence-corrected chi connectivity index (χ4v) is 1.09. The summed E-state index contributed by atoms with van der Waals surface area (Å²) >= 11 is 0. The molecule has 0 radical (unpaired) electrons. The number of ether oxygens (including phenoxy) is 3. The van der Waals surface area contributed by atoms with Gasteiger partial charge in [-0.3, -0.25) is 14.4 Å². The standard InChI is InChI=1S/C11H18O6/c1-4-15-11(14)5-10(6-16-8(2)12)7-17-9(3)13/h10H,4-7H2,1-3H3. The first-order valence-electron chi connectivity index (χ1n) is 5.38. The van der Waals surface area contributed by atoms with Crippen LogP contribution in [0, 0.1) is 5.92 Å². The summed E-state index contributed by atoms with van der Waals surface area (Å²) in [5.74, 6) is -1.66. The first-order valence-corrected chi connectivity index (χ1v) is 5.38. The van der Waals surface area contributed by atoms with Gasteiger partial charge in [0.2, 0.25) is 0 Å². The topological polar surface area (TPSA) is 78.9 Å². The molecule has 0 fully saturated rings. The number of rotatable bonds is 7. The van der Waals surface area contributed by atoms with Crippen molar-refractivity contribution in [1.82, 2.24) is 0 Å². The molecule has 0 unspecified atom stereocenters. The zero-order valence-electron chi connectivity index (χ0n) is 10.4. The number of esters is 3. The predicted molar refractivity (Wildman–Crippen MR) is 58.0 cm³/mol. The van der Waals surface area contributed by atoms with E-state index >= 15 is 0 Å². The fraction of sp³-hybridized carbons (Fsp3) is 0.727. The maximum absolute atomic E-state index is 11.2. The van der Waals surface area contributed by atoms with Crippen LogP contribution in [0.25, 0.3) is 0 Å². The van der Waals surface area contributed by atoms with Crippen LogP contribution < -0.4 is 0 Å². The second kappa shape index (κ2) is 8.55. The van der Waals surface area contributed by atoms with Crippen LogP contribution in [0.15, 0.2) is 0 Å². The van der Waals surface area contributed by atoms with E-state index in [4.69, 9.17) is 14.2 Å². The van der Waals surface area contributed by atoms with Gasteiger partial charge in [0.25, 0.3) is 0 Å².